The third kappa shape index (κ3) is 6.78. The van der Waals surface area contributed by atoms with E-state index in [-0.39, 0.29) is 21.9 Å². The highest BCUT2D eigenvalue weighted by molar-refractivity contribution is 7.92. The quantitative estimate of drug-likeness (QED) is 0.346. The summed E-state index contributed by atoms with van der Waals surface area (Å²) < 4.78 is 59.9. The van der Waals surface area contributed by atoms with E-state index in [4.69, 9.17) is 0 Å². The summed E-state index contributed by atoms with van der Waals surface area (Å²) in [5, 5.41) is 5.34. The van der Waals surface area contributed by atoms with E-state index in [1.807, 2.05) is 6.07 Å². The number of hydrogen-bond donors (Lipinski definition) is 4. The zero-order valence-corrected chi connectivity index (χ0v) is 19.3. The lowest BCUT2D eigenvalue weighted by molar-refractivity contribution is 0.262. The molecule has 0 aliphatic rings. The molecule has 0 unspecified atom stereocenters. The summed E-state index contributed by atoms with van der Waals surface area (Å²) in [7, 11) is -8.17. The summed E-state index contributed by atoms with van der Waals surface area (Å²) in [6.45, 7) is 1.72. The van der Waals surface area contributed by atoms with Crippen molar-refractivity contribution in [2.45, 2.75) is 18.2 Å². The molecule has 0 atom stereocenters. The fourth-order valence-electron chi connectivity index (χ4n) is 3.09. The molecule has 174 valence electrons. The van der Waals surface area contributed by atoms with E-state index in [0.29, 0.717) is 23.4 Å². The molecule has 0 saturated carbocycles. The lowest BCUT2D eigenvalue weighted by Gasteiger charge is -2.13. The van der Waals surface area contributed by atoms with Crippen LogP contribution >= 0.6 is 0 Å². The summed E-state index contributed by atoms with van der Waals surface area (Å²) in [5.41, 5.74) is 1.73. The monoisotopic (exact) mass is 489 g/mol. The Morgan fingerprint density at radius 1 is 0.818 bits per heavy atom. The van der Waals surface area contributed by atoms with Crippen LogP contribution in [0, 0.1) is 0 Å². The average Bonchev–Trinajstić information content (AvgIpc) is 2.73. The smallest absolute Gasteiger partial charge is 0.308 e. The number of benzene rings is 3. The number of hydrogen-bond acceptors (Lipinski definition) is 5. The number of carbonyl (C=O) groups is 1. The van der Waals surface area contributed by atoms with Gasteiger partial charge in [0.05, 0.1) is 5.75 Å². The maximum Gasteiger partial charge on any atom is 0.323 e. The largest absolute Gasteiger partial charge is 0.323 e. The Hall–Kier alpha value is -3.41. The average molecular weight is 490 g/mol. The van der Waals surface area contributed by atoms with Crippen LogP contribution in [0.1, 0.15) is 13.3 Å². The molecule has 4 N–H and O–H groups in total. The first kappa shape index (κ1) is 24.2. The lowest BCUT2D eigenvalue weighted by atomic mass is 10.0. The zero-order chi connectivity index (χ0) is 24.1. The van der Waals surface area contributed by atoms with Gasteiger partial charge in [-0.15, -0.1) is 0 Å². The van der Waals surface area contributed by atoms with Gasteiger partial charge in [-0.2, -0.15) is 8.42 Å². The van der Waals surface area contributed by atoms with E-state index in [9.17, 15) is 26.2 Å². The Morgan fingerprint density at radius 2 is 1.39 bits per heavy atom. The Labute approximate surface area is 192 Å². The van der Waals surface area contributed by atoms with Gasteiger partial charge >= 0.3 is 6.03 Å². The van der Waals surface area contributed by atoms with Crippen LogP contribution in [0.4, 0.5) is 21.9 Å². The molecule has 0 heterocycles. The first-order valence-corrected chi connectivity index (χ1v) is 13.0. The van der Waals surface area contributed by atoms with Crippen molar-refractivity contribution in [3.05, 3.63) is 72.8 Å². The summed E-state index contributed by atoms with van der Waals surface area (Å²) >= 11 is 0. The van der Waals surface area contributed by atoms with Crippen LogP contribution in [0.2, 0.25) is 0 Å². The molecule has 33 heavy (non-hydrogen) atoms. The highest BCUT2D eigenvalue weighted by atomic mass is 32.2. The molecule has 11 heteroatoms. The first-order chi connectivity index (χ1) is 15.6. The molecule has 3 rings (SSSR count). The van der Waals surface area contributed by atoms with Crippen LogP contribution < -0.4 is 15.4 Å². The Bertz CT molecular complexity index is 1340. The fourth-order valence-corrected chi connectivity index (χ4v) is 4.91. The molecule has 0 spiro atoms. The molecule has 0 aliphatic heterocycles. The molecular formula is C22H23N3O6S2. The van der Waals surface area contributed by atoms with E-state index >= 15 is 0 Å². The summed E-state index contributed by atoms with van der Waals surface area (Å²) in [5.74, 6) is -0.0895. The minimum Gasteiger partial charge on any atom is -0.308 e. The number of carbonyl (C=O) groups excluding carboxylic acids is 1. The van der Waals surface area contributed by atoms with Gasteiger partial charge < -0.3 is 10.6 Å². The van der Waals surface area contributed by atoms with Gasteiger partial charge in [0, 0.05) is 22.6 Å². The van der Waals surface area contributed by atoms with Crippen LogP contribution in [0.3, 0.4) is 0 Å². The topological polar surface area (TPSA) is 142 Å². The zero-order valence-electron chi connectivity index (χ0n) is 17.6. The van der Waals surface area contributed by atoms with Gasteiger partial charge in [-0.05, 0) is 54.4 Å². The molecule has 0 aliphatic carbocycles. The number of amides is 2. The fraction of sp³-hybridized carbons (Fsp3) is 0.136. The summed E-state index contributed by atoms with van der Waals surface area (Å²) in [4.78, 5) is 11.8. The highest BCUT2D eigenvalue weighted by Crippen LogP contribution is 2.31. The van der Waals surface area contributed by atoms with Crippen LogP contribution in [-0.4, -0.2) is 33.2 Å². The number of sulfonamides is 1. The van der Waals surface area contributed by atoms with Crippen molar-refractivity contribution in [3.8, 4) is 11.1 Å². The van der Waals surface area contributed by atoms with E-state index in [1.165, 1.54) is 12.1 Å². The molecule has 0 fully saturated rings. The van der Waals surface area contributed by atoms with E-state index < -0.39 is 26.2 Å². The summed E-state index contributed by atoms with van der Waals surface area (Å²) in [6, 6.07) is 18.4. The van der Waals surface area contributed by atoms with Crippen LogP contribution in [0.25, 0.3) is 11.1 Å². The lowest BCUT2D eigenvalue weighted by Crippen LogP contribution is -2.19. The van der Waals surface area contributed by atoms with E-state index in [2.05, 4.69) is 15.4 Å². The molecule has 0 bridgehead atoms. The molecule has 2 amide bonds. The van der Waals surface area contributed by atoms with Gasteiger partial charge in [0.25, 0.3) is 10.1 Å². The second-order valence-electron chi connectivity index (χ2n) is 7.13. The third-order valence-corrected chi connectivity index (χ3v) is 6.89. The van der Waals surface area contributed by atoms with E-state index in [0.717, 1.165) is 6.07 Å². The molecular weight excluding hydrogens is 466 g/mol. The number of anilines is 3. The molecule has 0 radical (unpaired) electrons. The predicted molar refractivity (Wildman–Crippen MR) is 128 cm³/mol. The predicted octanol–water partition coefficient (Wildman–Crippen LogP) is 4.40. The van der Waals surface area contributed by atoms with Crippen LogP contribution in [-0.2, 0) is 20.1 Å². The van der Waals surface area contributed by atoms with Gasteiger partial charge in [0.2, 0.25) is 10.0 Å². The molecule has 9 nitrogen and oxygen atoms in total. The molecule has 0 aromatic heterocycles. The molecule has 0 saturated heterocycles. The Morgan fingerprint density at radius 3 is 1.97 bits per heavy atom. The summed E-state index contributed by atoms with van der Waals surface area (Å²) in [6.07, 6.45) is 0.414. The molecule has 3 aromatic rings. The van der Waals surface area contributed by atoms with Crippen molar-refractivity contribution in [2.75, 3.05) is 21.1 Å². The Kier molecular flexibility index (Phi) is 7.36. The van der Waals surface area contributed by atoms with Crippen LogP contribution in [0.15, 0.2) is 77.7 Å². The molecule has 3 aromatic carbocycles. The SMILES string of the molecule is CCCS(=O)(=O)Nc1ccc(S(=O)(=O)O)c(-c2ccc(NC(=O)Nc3ccccc3)cc2)c1. The van der Waals surface area contributed by atoms with Gasteiger partial charge in [0.15, 0.2) is 0 Å². The second kappa shape index (κ2) is 10.0. The third-order valence-electron chi connectivity index (χ3n) is 4.49. The second-order valence-corrected chi connectivity index (χ2v) is 10.4. The van der Waals surface area contributed by atoms with Gasteiger partial charge in [-0.3, -0.25) is 9.27 Å². The van der Waals surface area contributed by atoms with Crippen molar-refractivity contribution in [2.24, 2.45) is 0 Å². The standard InChI is InChI=1S/C22H23N3O6S2/c1-2-14-32(27,28)25-19-12-13-21(33(29,30)31)20(15-19)16-8-10-18(11-9-16)24-22(26)23-17-6-4-3-5-7-17/h3-13,15,25H,2,14H2,1H3,(H2,23,24,26)(H,29,30,31). The highest BCUT2D eigenvalue weighted by Gasteiger charge is 2.19. The van der Waals surface area contributed by atoms with Crippen molar-refractivity contribution < 1.29 is 26.2 Å². The number of rotatable bonds is 8. The maximum atomic E-state index is 12.2. The van der Waals surface area contributed by atoms with Crippen molar-refractivity contribution in [1.82, 2.24) is 0 Å². The maximum absolute atomic E-state index is 12.2. The first-order valence-electron chi connectivity index (χ1n) is 9.93. The van der Waals surface area contributed by atoms with Gasteiger partial charge in [-0.1, -0.05) is 37.3 Å². The number of nitrogens with one attached hydrogen (secondary N) is 3. The minimum atomic E-state index is -4.57. The minimum absolute atomic E-state index is 0.0895. The van der Waals surface area contributed by atoms with Crippen molar-refractivity contribution in [3.63, 3.8) is 0 Å². The van der Waals surface area contributed by atoms with Crippen molar-refractivity contribution >= 4 is 43.2 Å². The number of urea groups is 1. The van der Waals surface area contributed by atoms with Gasteiger partial charge in [-0.25, -0.2) is 13.2 Å². The normalized spacial score (nSPS) is 11.6. The number of para-hydroxylation sites is 1. The van der Waals surface area contributed by atoms with Gasteiger partial charge in [0.1, 0.15) is 4.90 Å². The Balaban J connectivity index is 1.86. The van der Waals surface area contributed by atoms with Crippen LogP contribution in [0.5, 0.6) is 0 Å². The van der Waals surface area contributed by atoms with E-state index in [1.54, 1.807) is 55.5 Å². The van der Waals surface area contributed by atoms with Crippen molar-refractivity contribution in [1.29, 1.82) is 0 Å².